The number of likely N-dealkylation sites (tertiary alicyclic amines) is 1. The van der Waals surface area contributed by atoms with Crippen LogP contribution in [-0.2, 0) is 9.47 Å². The van der Waals surface area contributed by atoms with E-state index in [1.165, 1.54) is 25.8 Å². The Morgan fingerprint density at radius 1 is 1.15 bits per heavy atom. The third-order valence-electron chi connectivity index (χ3n) is 3.63. The van der Waals surface area contributed by atoms with Crippen molar-refractivity contribution in [3.8, 4) is 0 Å². The predicted octanol–water partition coefficient (Wildman–Crippen LogP) is 0.988. The molecule has 3 nitrogen and oxygen atoms in total. The van der Waals surface area contributed by atoms with Gasteiger partial charge in [0.1, 0.15) is 0 Å². The largest absolute Gasteiger partial charge is 0.346 e. The average Bonchev–Trinajstić information content (AvgIpc) is 2.60. The lowest BCUT2D eigenvalue weighted by Crippen LogP contribution is -2.42. The quantitative estimate of drug-likeness (QED) is 0.605. The first kappa shape index (κ1) is 8.21. The second-order valence-electron chi connectivity index (χ2n) is 4.41. The third-order valence-corrected chi connectivity index (χ3v) is 3.63. The molecule has 2 heterocycles. The summed E-state index contributed by atoms with van der Waals surface area (Å²) in [4.78, 5) is 2.55. The number of rotatable bonds is 1. The van der Waals surface area contributed by atoms with Crippen LogP contribution in [0.5, 0.6) is 0 Å². The summed E-state index contributed by atoms with van der Waals surface area (Å²) in [5, 5.41) is 0. The molecular weight excluding hydrogens is 166 g/mol. The first-order valence-corrected chi connectivity index (χ1v) is 5.40. The van der Waals surface area contributed by atoms with E-state index < -0.39 is 0 Å². The summed E-state index contributed by atoms with van der Waals surface area (Å²) in [6.07, 6.45) is 5.26. The van der Waals surface area contributed by atoms with Gasteiger partial charge in [-0.1, -0.05) is 6.42 Å². The number of nitrogens with zero attached hydrogens (tertiary/aromatic N) is 1. The van der Waals surface area contributed by atoms with Crippen molar-refractivity contribution in [1.82, 2.24) is 4.90 Å². The molecule has 13 heavy (non-hydrogen) atoms. The van der Waals surface area contributed by atoms with Crippen LogP contribution in [0.2, 0.25) is 0 Å². The molecule has 0 aromatic carbocycles. The van der Waals surface area contributed by atoms with Gasteiger partial charge >= 0.3 is 0 Å². The van der Waals surface area contributed by atoms with Gasteiger partial charge in [0.15, 0.2) is 5.79 Å². The van der Waals surface area contributed by atoms with Crippen molar-refractivity contribution in [2.24, 2.45) is 0 Å². The summed E-state index contributed by atoms with van der Waals surface area (Å²) in [5.74, 6) is -0.199. The van der Waals surface area contributed by atoms with Crippen LogP contribution in [0.1, 0.15) is 25.7 Å². The van der Waals surface area contributed by atoms with Crippen molar-refractivity contribution < 1.29 is 9.47 Å². The first-order valence-electron chi connectivity index (χ1n) is 5.40. The van der Waals surface area contributed by atoms with Gasteiger partial charge in [0.2, 0.25) is 0 Å². The van der Waals surface area contributed by atoms with Gasteiger partial charge in [-0.3, -0.25) is 4.90 Å². The van der Waals surface area contributed by atoms with Crippen LogP contribution in [0.15, 0.2) is 0 Å². The standard InChI is InChI=1S/C10H17NO2/c1-2-9(3-1)11-5-4-10(8-11)12-6-7-13-10/h9H,1-8H2. The zero-order chi connectivity index (χ0) is 8.73. The SMILES string of the molecule is C1CC(N2CCC3(C2)OCCO3)C1. The summed E-state index contributed by atoms with van der Waals surface area (Å²) in [6.45, 7) is 3.76. The van der Waals surface area contributed by atoms with Crippen LogP contribution in [0.3, 0.4) is 0 Å². The van der Waals surface area contributed by atoms with E-state index in [9.17, 15) is 0 Å². The highest BCUT2D eigenvalue weighted by molar-refractivity contribution is 4.92. The summed E-state index contributed by atoms with van der Waals surface area (Å²) in [5.41, 5.74) is 0. The Morgan fingerprint density at radius 3 is 2.54 bits per heavy atom. The molecule has 74 valence electrons. The topological polar surface area (TPSA) is 21.7 Å². The van der Waals surface area contributed by atoms with Gasteiger partial charge in [0, 0.05) is 19.0 Å². The first-order chi connectivity index (χ1) is 6.38. The molecule has 1 spiro atoms. The Labute approximate surface area is 79.0 Å². The van der Waals surface area contributed by atoms with E-state index in [2.05, 4.69) is 4.90 Å². The summed E-state index contributed by atoms with van der Waals surface area (Å²) in [6, 6.07) is 0.840. The van der Waals surface area contributed by atoms with Crippen molar-refractivity contribution in [1.29, 1.82) is 0 Å². The van der Waals surface area contributed by atoms with E-state index in [0.29, 0.717) is 0 Å². The highest BCUT2D eigenvalue weighted by Gasteiger charge is 2.45. The summed E-state index contributed by atoms with van der Waals surface area (Å²) in [7, 11) is 0. The molecule has 2 saturated heterocycles. The Hall–Kier alpha value is -0.120. The second kappa shape index (κ2) is 2.94. The molecule has 0 unspecified atom stereocenters. The zero-order valence-corrected chi connectivity index (χ0v) is 8.00. The van der Waals surface area contributed by atoms with E-state index in [4.69, 9.17) is 9.47 Å². The average molecular weight is 183 g/mol. The molecule has 2 aliphatic heterocycles. The van der Waals surface area contributed by atoms with Gasteiger partial charge in [-0.25, -0.2) is 0 Å². The molecule has 0 amide bonds. The third kappa shape index (κ3) is 1.30. The normalized spacial score (nSPS) is 34.2. The maximum atomic E-state index is 5.69. The molecular formula is C10H17NO2. The molecule has 0 aromatic heterocycles. The van der Waals surface area contributed by atoms with Gasteiger partial charge in [0.25, 0.3) is 0 Å². The van der Waals surface area contributed by atoms with Crippen LogP contribution in [0.4, 0.5) is 0 Å². The predicted molar refractivity (Wildman–Crippen MR) is 48.5 cm³/mol. The fraction of sp³-hybridized carbons (Fsp3) is 1.00. The van der Waals surface area contributed by atoms with Crippen LogP contribution >= 0.6 is 0 Å². The minimum absolute atomic E-state index is 0.199. The minimum Gasteiger partial charge on any atom is -0.346 e. The van der Waals surface area contributed by atoms with Gasteiger partial charge in [-0.2, -0.15) is 0 Å². The summed E-state index contributed by atoms with van der Waals surface area (Å²) >= 11 is 0. The van der Waals surface area contributed by atoms with E-state index >= 15 is 0 Å². The monoisotopic (exact) mass is 183 g/mol. The van der Waals surface area contributed by atoms with E-state index in [-0.39, 0.29) is 5.79 Å². The lowest BCUT2D eigenvalue weighted by Gasteiger charge is -2.35. The van der Waals surface area contributed by atoms with E-state index in [0.717, 1.165) is 32.2 Å². The Balaban J connectivity index is 1.63. The molecule has 0 atom stereocenters. The lowest BCUT2D eigenvalue weighted by atomic mass is 9.92. The number of ether oxygens (including phenoxy) is 2. The fourth-order valence-corrected chi connectivity index (χ4v) is 2.58. The highest BCUT2D eigenvalue weighted by Crippen LogP contribution is 2.35. The minimum atomic E-state index is -0.199. The molecule has 0 N–H and O–H groups in total. The van der Waals surface area contributed by atoms with Crippen molar-refractivity contribution in [3.05, 3.63) is 0 Å². The van der Waals surface area contributed by atoms with Gasteiger partial charge in [-0.15, -0.1) is 0 Å². The molecule has 1 saturated carbocycles. The number of hydrogen-bond donors (Lipinski definition) is 0. The molecule has 0 aromatic rings. The van der Waals surface area contributed by atoms with Gasteiger partial charge in [0.05, 0.1) is 19.8 Å². The Kier molecular flexibility index (Phi) is 1.86. The molecule has 3 aliphatic rings. The van der Waals surface area contributed by atoms with Gasteiger partial charge < -0.3 is 9.47 Å². The van der Waals surface area contributed by atoms with Gasteiger partial charge in [-0.05, 0) is 12.8 Å². The zero-order valence-electron chi connectivity index (χ0n) is 8.00. The molecule has 3 rings (SSSR count). The molecule has 3 fully saturated rings. The van der Waals surface area contributed by atoms with Crippen molar-refractivity contribution in [2.45, 2.75) is 37.5 Å². The van der Waals surface area contributed by atoms with Crippen molar-refractivity contribution in [3.63, 3.8) is 0 Å². The van der Waals surface area contributed by atoms with E-state index in [1.807, 2.05) is 0 Å². The molecule has 0 radical (unpaired) electrons. The number of hydrogen-bond acceptors (Lipinski definition) is 3. The Bertz CT molecular complexity index is 197. The fourth-order valence-electron chi connectivity index (χ4n) is 2.58. The van der Waals surface area contributed by atoms with E-state index in [1.54, 1.807) is 0 Å². The molecule has 3 heteroatoms. The maximum absolute atomic E-state index is 5.69. The summed E-state index contributed by atoms with van der Waals surface area (Å²) < 4.78 is 11.4. The van der Waals surface area contributed by atoms with Crippen molar-refractivity contribution in [2.75, 3.05) is 26.3 Å². The van der Waals surface area contributed by atoms with Crippen LogP contribution in [-0.4, -0.2) is 43.0 Å². The molecule has 0 bridgehead atoms. The lowest BCUT2D eigenvalue weighted by molar-refractivity contribution is -0.147. The van der Waals surface area contributed by atoms with Crippen molar-refractivity contribution >= 4 is 0 Å². The van der Waals surface area contributed by atoms with Crippen LogP contribution in [0.25, 0.3) is 0 Å². The smallest absolute Gasteiger partial charge is 0.182 e. The second-order valence-corrected chi connectivity index (χ2v) is 4.41. The highest BCUT2D eigenvalue weighted by atomic mass is 16.7. The molecule has 1 aliphatic carbocycles. The Morgan fingerprint density at radius 2 is 1.92 bits per heavy atom. The van der Waals surface area contributed by atoms with Crippen LogP contribution in [0, 0.1) is 0 Å². The maximum Gasteiger partial charge on any atom is 0.182 e. The van der Waals surface area contributed by atoms with Crippen LogP contribution < -0.4 is 0 Å².